The van der Waals surface area contributed by atoms with Crippen LogP contribution in [0.15, 0.2) is 48.8 Å². The van der Waals surface area contributed by atoms with Crippen molar-refractivity contribution in [1.82, 2.24) is 10.4 Å². The smallest absolute Gasteiger partial charge is 0.0496 e. The van der Waals surface area contributed by atoms with Crippen molar-refractivity contribution in [3.63, 3.8) is 0 Å². The molecule has 0 radical (unpaired) electrons. The first kappa shape index (κ1) is 18.0. The van der Waals surface area contributed by atoms with Gasteiger partial charge in [-0.15, -0.1) is 24.8 Å². The Kier molecular flexibility index (Phi) is 8.52. The summed E-state index contributed by atoms with van der Waals surface area (Å²) in [5.74, 6) is 0. The normalized spacial score (nSPS) is 10.8. The van der Waals surface area contributed by atoms with Crippen LogP contribution >= 0.6 is 36.4 Å². The number of nitrogens with one attached hydrogen (secondary N) is 2. The van der Waals surface area contributed by atoms with Gasteiger partial charge in [-0.3, -0.25) is 4.98 Å². The van der Waals surface area contributed by atoms with Crippen molar-refractivity contribution in [3.8, 4) is 0 Å². The lowest BCUT2D eigenvalue weighted by atomic mass is 10.1. The zero-order chi connectivity index (χ0) is 12.1. The molecular weight excluding hydrogens is 305 g/mol. The topological polar surface area (TPSA) is 37.0 Å². The minimum Gasteiger partial charge on any atom is -0.321 e. The number of hydrogen-bond acceptors (Lipinski definition) is 3. The molecule has 2 N–H and O–H groups in total. The van der Waals surface area contributed by atoms with Crippen molar-refractivity contribution >= 4 is 42.1 Å². The van der Waals surface area contributed by atoms with Gasteiger partial charge in [0.25, 0.3) is 0 Å². The highest BCUT2D eigenvalue weighted by molar-refractivity contribution is 6.30. The molecule has 1 heterocycles. The van der Waals surface area contributed by atoms with Crippen molar-refractivity contribution in [1.29, 1.82) is 0 Å². The molecule has 1 unspecified atom stereocenters. The van der Waals surface area contributed by atoms with Crippen molar-refractivity contribution in [2.45, 2.75) is 13.0 Å². The van der Waals surface area contributed by atoms with E-state index in [0.29, 0.717) is 0 Å². The molecule has 3 nitrogen and oxygen atoms in total. The zero-order valence-electron chi connectivity index (χ0n) is 10.3. The second kappa shape index (κ2) is 8.99. The van der Waals surface area contributed by atoms with E-state index < -0.39 is 0 Å². The molecule has 0 fully saturated rings. The zero-order valence-corrected chi connectivity index (χ0v) is 12.7. The Morgan fingerprint density at radius 3 is 2.37 bits per heavy atom. The predicted octanol–water partition coefficient (Wildman–Crippen LogP) is 4.26. The van der Waals surface area contributed by atoms with Crippen molar-refractivity contribution in [3.05, 3.63) is 59.4 Å². The molecule has 1 aromatic carbocycles. The molecule has 2 rings (SSSR count). The lowest BCUT2D eigenvalue weighted by molar-refractivity contribution is 0.641. The predicted molar refractivity (Wildman–Crippen MR) is 85.4 cm³/mol. The molecule has 0 saturated heterocycles. The minimum absolute atomic E-state index is 0. The first-order valence-electron chi connectivity index (χ1n) is 5.43. The summed E-state index contributed by atoms with van der Waals surface area (Å²) in [6.45, 7) is 2.07. The number of hydrogen-bond donors (Lipinski definition) is 2. The number of aromatic nitrogens is 1. The van der Waals surface area contributed by atoms with E-state index in [1.165, 1.54) is 0 Å². The van der Waals surface area contributed by atoms with Crippen LogP contribution in [0.3, 0.4) is 0 Å². The third kappa shape index (κ3) is 5.66. The van der Waals surface area contributed by atoms with Gasteiger partial charge in [0.1, 0.15) is 0 Å². The van der Waals surface area contributed by atoms with Crippen LogP contribution in [0.2, 0.25) is 5.02 Å². The molecule has 6 heteroatoms. The SMILES string of the molecule is CC(NNc1ccc(Cl)cc1)c1cccnc1.Cl.Cl. The van der Waals surface area contributed by atoms with E-state index in [4.69, 9.17) is 11.6 Å². The highest BCUT2D eigenvalue weighted by Gasteiger charge is 2.03. The van der Waals surface area contributed by atoms with Gasteiger partial charge in [0.15, 0.2) is 0 Å². The highest BCUT2D eigenvalue weighted by atomic mass is 35.5. The van der Waals surface area contributed by atoms with E-state index >= 15 is 0 Å². The van der Waals surface area contributed by atoms with Crippen molar-refractivity contribution < 1.29 is 0 Å². The molecule has 2 aromatic rings. The standard InChI is InChI=1S/C13H14ClN3.2ClH/c1-10(11-3-2-8-15-9-11)16-17-13-6-4-12(14)5-7-13;;/h2-10,16-17H,1H3;2*1H. The Bertz CT molecular complexity index is 462. The summed E-state index contributed by atoms with van der Waals surface area (Å²) in [4.78, 5) is 4.09. The highest BCUT2D eigenvalue weighted by Crippen LogP contribution is 2.14. The van der Waals surface area contributed by atoms with Gasteiger partial charge in [0.05, 0.1) is 0 Å². The van der Waals surface area contributed by atoms with Crippen LogP contribution < -0.4 is 10.9 Å². The van der Waals surface area contributed by atoms with Crippen molar-refractivity contribution in [2.75, 3.05) is 5.43 Å². The molecule has 1 aromatic heterocycles. The Balaban J connectivity index is 0.00000162. The lowest BCUT2D eigenvalue weighted by Gasteiger charge is -2.15. The third-order valence-corrected chi connectivity index (χ3v) is 2.71. The van der Waals surface area contributed by atoms with E-state index in [1.54, 1.807) is 6.20 Å². The van der Waals surface area contributed by atoms with Crippen LogP contribution in [0.4, 0.5) is 5.69 Å². The molecule has 0 aliphatic heterocycles. The maximum Gasteiger partial charge on any atom is 0.0496 e. The van der Waals surface area contributed by atoms with Gasteiger partial charge < -0.3 is 5.43 Å². The first-order chi connectivity index (χ1) is 8.25. The summed E-state index contributed by atoms with van der Waals surface area (Å²) in [5, 5.41) is 0.732. The van der Waals surface area contributed by atoms with Crippen LogP contribution in [-0.2, 0) is 0 Å². The van der Waals surface area contributed by atoms with Crippen LogP contribution in [-0.4, -0.2) is 4.98 Å². The molecule has 1 atom stereocenters. The maximum atomic E-state index is 5.81. The van der Waals surface area contributed by atoms with E-state index in [2.05, 4.69) is 22.8 Å². The fraction of sp³-hybridized carbons (Fsp3) is 0.154. The molecule has 0 amide bonds. The quantitative estimate of drug-likeness (QED) is 0.827. The number of rotatable bonds is 4. The van der Waals surface area contributed by atoms with E-state index in [0.717, 1.165) is 16.3 Å². The van der Waals surface area contributed by atoms with Gasteiger partial charge in [0.2, 0.25) is 0 Å². The number of anilines is 1. The van der Waals surface area contributed by atoms with Gasteiger partial charge in [-0.25, -0.2) is 5.43 Å². The molecule has 0 spiro atoms. The number of benzene rings is 1. The second-order valence-corrected chi connectivity index (χ2v) is 4.22. The summed E-state index contributed by atoms with van der Waals surface area (Å²) in [6.07, 6.45) is 3.62. The molecule has 0 aliphatic carbocycles. The second-order valence-electron chi connectivity index (χ2n) is 3.78. The third-order valence-electron chi connectivity index (χ3n) is 2.46. The number of pyridine rings is 1. The Morgan fingerprint density at radius 2 is 1.79 bits per heavy atom. The number of hydrazine groups is 1. The van der Waals surface area contributed by atoms with E-state index in [1.807, 2.05) is 42.6 Å². The van der Waals surface area contributed by atoms with Gasteiger partial charge >= 0.3 is 0 Å². The Labute approximate surface area is 130 Å². The summed E-state index contributed by atoms with van der Waals surface area (Å²) in [5.41, 5.74) is 8.45. The average Bonchev–Trinajstić information content (AvgIpc) is 2.39. The average molecular weight is 321 g/mol. The minimum atomic E-state index is 0. The van der Waals surface area contributed by atoms with Gasteiger partial charge in [0, 0.05) is 29.1 Å². The Hall–Kier alpha value is -1.00. The first-order valence-corrected chi connectivity index (χ1v) is 5.80. The summed E-state index contributed by atoms with van der Waals surface area (Å²) in [7, 11) is 0. The number of halogens is 3. The van der Waals surface area contributed by atoms with E-state index in [-0.39, 0.29) is 30.9 Å². The summed E-state index contributed by atoms with van der Waals surface area (Å²) < 4.78 is 0. The fourth-order valence-corrected chi connectivity index (χ4v) is 1.57. The summed E-state index contributed by atoms with van der Waals surface area (Å²) in [6, 6.07) is 11.7. The van der Waals surface area contributed by atoms with Crippen LogP contribution in [0.25, 0.3) is 0 Å². The Morgan fingerprint density at radius 1 is 1.11 bits per heavy atom. The van der Waals surface area contributed by atoms with Gasteiger partial charge in [-0.1, -0.05) is 17.7 Å². The van der Waals surface area contributed by atoms with Crippen LogP contribution in [0.5, 0.6) is 0 Å². The molecule has 104 valence electrons. The fourth-order valence-electron chi connectivity index (χ4n) is 1.44. The molecule has 19 heavy (non-hydrogen) atoms. The van der Waals surface area contributed by atoms with Crippen LogP contribution in [0.1, 0.15) is 18.5 Å². The van der Waals surface area contributed by atoms with Gasteiger partial charge in [-0.2, -0.15) is 0 Å². The largest absolute Gasteiger partial charge is 0.321 e. The number of nitrogens with zero attached hydrogens (tertiary/aromatic N) is 1. The molecule has 0 aliphatic rings. The monoisotopic (exact) mass is 319 g/mol. The maximum absolute atomic E-state index is 5.81. The molecule has 0 saturated carbocycles. The van der Waals surface area contributed by atoms with Crippen LogP contribution in [0, 0.1) is 0 Å². The van der Waals surface area contributed by atoms with Gasteiger partial charge in [-0.05, 0) is 42.8 Å². The molecular formula is C13H16Cl3N3. The van der Waals surface area contributed by atoms with Crippen molar-refractivity contribution in [2.24, 2.45) is 0 Å². The summed E-state index contributed by atoms with van der Waals surface area (Å²) >= 11 is 5.81. The van der Waals surface area contributed by atoms with E-state index in [9.17, 15) is 0 Å². The lowest BCUT2D eigenvalue weighted by Crippen LogP contribution is -2.25. The molecule has 0 bridgehead atoms.